The molecule has 9 nitrogen and oxygen atoms in total. The molecule has 2 aromatic heterocycles. The van der Waals surface area contributed by atoms with Crippen molar-refractivity contribution in [3.8, 4) is 16.9 Å². The summed E-state index contributed by atoms with van der Waals surface area (Å²) in [5, 5.41) is 7.14. The Morgan fingerprint density at radius 3 is 2.74 bits per heavy atom. The van der Waals surface area contributed by atoms with Gasteiger partial charge in [-0.15, -0.1) is 0 Å². The second kappa shape index (κ2) is 9.17. The van der Waals surface area contributed by atoms with E-state index >= 15 is 0 Å². The number of aryl methyl sites for hydroxylation is 3. The Hall–Kier alpha value is -3.88. The summed E-state index contributed by atoms with van der Waals surface area (Å²) >= 11 is 0. The number of carbonyl (C=O) groups is 2. The molecular formula is C25H28N6O3. The number of nitrogen functional groups attached to an aromatic ring is 1. The number of nitrogens with one attached hydrogen (secondary N) is 1. The molecule has 0 unspecified atom stereocenters. The van der Waals surface area contributed by atoms with Gasteiger partial charge in [0.15, 0.2) is 0 Å². The van der Waals surface area contributed by atoms with E-state index in [0.717, 1.165) is 24.0 Å². The first-order chi connectivity index (χ1) is 16.5. The lowest BCUT2D eigenvalue weighted by Crippen LogP contribution is -2.39. The molecule has 5 rings (SSSR count). The first kappa shape index (κ1) is 21.9. The van der Waals surface area contributed by atoms with Crippen LogP contribution in [0.2, 0.25) is 0 Å². The molecule has 0 spiro atoms. The molecule has 0 saturated carbocycles. The van der Waals surface area contributed by atoms with Crippen LogP contribution in [-0.2, 0) is 19.9 Å². The molecule has 2 aliphatic rings. The third-order valence-corrected chi connectivity index (χ3v) is 6.51. The van der Waals surface area contributed by atoms with Crippen LogP contribution in [0.15, 0.2) is 42.9 Å². The van der Waals surface area contributed by atoms with Gasteiger partial charge in [-0.2, -0.15) is 5.10 Å². The quantitative estimate of drug-likeness (QED) is 0.619. The van der Waals surface area contributed by atoms with Gasteiger partial charge in [0.1, 0.15) is 11.6 Å². The first-order valence-electron chi connectivity index (χ1n) is 11.6. The van der Waals surface area contributed by atoms with Crippen LogP contribution in [0.25, 0.3) is 11.1 Å². The van der Waals surface area contributed by atoms with Crippen LogP contribution in [0, 0.1) is 0 Å². The summed E-state index contributed by atoms with van der Waals surface area (Å²) in [6.45, 7) is 0.892. The van der Waals surface area contributed by atoms with E-state index in [0.29, 0.717) is 30.8 Å². The number of fused-ring (bicyclic) bond motifs is 1. The lowest BCUT2D eigenvalue weighted by atomic mass is 9.92. The number of pyridine rings is 1. The predicted octanol–water partition coefficient (Wildman–Crippen LogP) is 2.95. The summed E-state index contributed by atoms with van der Waals surface area (Å²) in [5.74, 6) is 0.418. The Labute approximate surface area is 197 Å². The highest BCUT2D eigenvalue weighted by Crippen LogP contribution is 2.26. The van der Waals surface area contributed by atoms with Gasteiger partial charge < -0.3 is 20.7 Å². The molecule has 34 heavy (non-hydrogen) atoms. The van der Waals surface area contributed by atoms with E-state index in [-0.39, 0.29) is 17.8 Å². The molecule has 2 amide bonds. The molecule has 3 aromatic rings. The van der Waals surface area contributed by atoms with Gasteiger partial charge in [-0.25, -0.2) is 9.78 Å². The van der Waals surface area contributed by atoms with Gasteiger partial charge in [0.05, 0.1) is 11.8 Å². The number of aromatic nitrogens is 3. The Bertz CT molecular complexity index is 1240. The van der Waals surface area contributed by atoms with E-state index in [1.165, 1.54) is 24.0 Å². The monoisotopic (exact) mass is 460 g/mol. The fourth-order valence-corrected chi connectivity index (χ4v) is 4.63. The minimum Gasteiger partial charge on any atom is -0.410 e. The topological polar surface area (TPSA) is 115 Å². The van der Waals surface area contributed by atoms with Crippen LogP contribution in [0.3, 0.4) is 0 Å². The molecule has 1 fully saturated rings. The molecule has 0 bridgehead atoms. The number of hydrogen-bond acceptors (Lipinski definition) is 6. The van der Waals surface area contributed by atoms with Crippen molar-refractivity contribution < 1.29 is 14.3 Å². The van der Waals surface area contributed by atoms with E-state index in [2.05, 4.69) is 21.5 Å². The number of hydrogen-bond donors (Lipinski definition) is 2. The SMILES string of the molecule is Cn1cc(-c2cnc(N)c(C(=O)N[C@@H]3CCN(C(=O)Oc4ccc5c(c4)CCCC5)C3)c2)cn1. The van der Waals surface area contributed by atoms with Crippen molar-refractivity contribution in [1.82, 2.24) is 25.0 Å². The zero-order valence-corrected chi connectivity index (χ0v) is 19.2. The highest BCUT2D eigenvalue weighted by molar-refractivity contribution is 5.99. The number of ether oxygens (including phenoxy) is 1. The maximum absolute atomic E-state index is 12.9. The molecule has 1 aromatic carbocycles. The Balaban J connectivity index is 1.20. The molecular weight excluding hydrogens is 432 g/mol. The second-order valence-electron chi connectivity index (χ2n) is 8.97. The first-order valence-corrected chi connectivity index (χ1v) is 11.6. The lowest BCUT2D eigenvalue weighted by molar-refractivity contribution is 0.0937. The Morgan fingerprint density at radius 1 is 1.12 bits per heavy atom. The van der Waals surface area contributed by atoms with Crippen LogP contribution in [-0.4, -0.2) is 50.8 Å². The van der Waals surface area contributed by atoms with Crippen molar-refractivity contribution in [3.05, 3.63) is 59.5 Å². The fourth-order valence-electron chi connectivity index (χ4n) is 4.63. The number of nitrogens with two attached hydrogens (primary N) is 1. The third-order valence-electron chi connectivity index (χ3n) is 6.51. The number of carbonyl (C=O) groups excluding carboxylic acids is 2. The molecule has 1 aliphatic carbocycles. The van der Waals surface area contributed by atoms with Crippen molar-refractivity contribution in [2.45, 2.75) is 38.1 Å². The number of benzene rings is 1. The maximum atomic E-state index is 12.9. The summed E-state index contributed by atoms with van der Waals surface area (Å²) in [6.07, 6.45) is 9.91. The largest absolute Gasteiger partial charge is 0.415 e. The Kier molecular flexibility index (Phi) is 5.91. The third kappa shape index (κ3) is 4.59. The lowest BCUT2D eigenvalue weighted by Gasteiger charge is -2.19. The van der Waals surface area contributed by atoms with Crippen LogP contribution < -0.4 is 15.8 Å². The zero-order valence-electron chi connectivity index (χ0n) is 19.2. The average molecular weight is 461 g/mol. The van der Waals surface area contributed by atoms with Gasteiger partial charge in [0, 0.05) is 49.7 Å². The summed E-state index contributed by atoms with van der Waals surface area (Å²) in [6, 6.07) is 7.42. The van der Waals surface area contributed by atoms with Gasteiger partial charge in [-0.3, -0.25) is 9.48 Å². The number of nitrogens with zero attached hydrogens (tertiary/aromatic N) is 4. The predicted molar refractivity (Wildman–Crippen MR) is 127 cm³/mol. The van der Waals surface area contributed by atoms with E-state index in [1.54, 1.807) is 28.0 Å². The normalized spacial score (nSPS) is 17.3. The smallest absolute Gasteiger partial charge is 0.410 e. The van der Waals surface area contributed by atoms with Crippen LogP contribution in [0.1, 0.15) is 40.7 Å². The highest BCUT2D eigenvalue weighted by atomic mass is 16.6. The van der Waals surface area contributed by atoms with E-state index in [9.17, 15) is 9.59 Å². The summed E-state index contributed by atoms with van der Waals surface area (Å²) in [5.41, 5.74) is 10.5. The summed E-state index contributed by atoms with van der Waals surface area (Å²) in [4.78, 5) is 31.4. The minimum atomic E-state index is -0.396. The average Bonchev–Trinajstić information content (AvgIpc) is 3.48. The molecule has 0 radical (unpaired) electrons. The van der Waals surface area contributed by atoms with E-state index in [1.807, 2.05) is 25.4 Å². The molecule has 1 atom stereocenters. The molecule has 1 saturated heterocycles. The van der Waals surface area contributed by atoms with Crippen molar-refractivity contribution in [3.63, 3.8) is 0 Å². The van der Waals surface area contributed by atoms with Gasteiger partial charge in [0.2, 0.25) is 0 Å². The number of likely N-dealkylation sites (tertiary alicyclic amines) is 1. The van der Waals surface area contributed by atoms with Gasteiger partial charge >= 0.3 is 6.09 Å². The van der Waals surface area contributed by atoms with Crippen molar-refractivity contribution in [2.75, 3.05) is 18.8 Å². The van der Waals surface area contributed by atoms with Crippen molar-refractivity contribution in [1.29, 1.82) is 0 Å². The molecule has 1 aliphatic heterocycles. The van der Waals surface area contributed by atoms with Crippen LogP contribution in [0.5, 0.6) is 5.75 Å². The van der Waals surface area contributed by atoms with Gasteiger partial charge in [-0.05, 0) is 61.4 Å². The van der Waals surface area contributed by atoms with Crippen molar-refractivity contribution >= 4 is 17.8 Å². The fraction of sp³-hybridized carbons (Fsp3) is 0.360. The standard InChI is InChI=1S/C25H28N6O3/c1-30-14-19(13-28-30)18-11-22(23(26)27-12-18)24(32)29-20-8-9-31(15-20)25(33)34-21-7-6-16-4-2-3-5-17(16)10-21/h6-7,10-14,20H,2-5,8-9,15H2,1H3,(H2,26,27)(H,29,32)/t20-/m1/s1. The van der Waals surface area contributed by atoms with E-state index < -0.39 is 6.09 Å². The number of amides is 2. The van der Waals surface area contributed by atoms with Crippen molar-refractivity contribution in [2.24, 2.45) is 7.05 Å². The van der Waals surface area contributed by atoms with Gasteiger partial charge in [-0.1, -0.05) is 6.07 Å². The highest BCUT2D eigenvalue weighted by Gasteiger charge is 2.29. The number of anilines is 1. The van der Waals surface area contributed by atoms with Crippen LogP contribution in [0.4, 0.5) is 10.6 Å². The number of rotatable bonds is 4. The maximum Gasteiger partial charge on any atom is 0.415 e. The minimum absolute atomic E-state index is 0.159. The van der Waals surface area contributed by atoms with Gasteiger partial charge in [0.25, 0.3) is 5.91 Å². The summed E-state index contributed by atoms with van der Waals surface area (Å²) < 4.78 is 7.31. The molecule has 3 heterocycles. The molecule has 3 N–H and O–H groups in total. The van der Waals surface area contributed by atoms with Crippen LogP contribution >= 0.6 is 0 Å². The zero-order chi connectivity index (χ0) is 23.7. The Morgan fingerprint density at radius 2 is 1.94 bits per heavy atom. The van der Waals surface area contributed by atoms with E-state index in [4.69, 9.17) is 10.5 Å². The second-order valence-corrected chi connectivity index (χ2v) is 8.97. The summed E-state index contributed by atoms with van der Waals surface area (Å²) in [7, 11) is 1.82. The molecule has 9 heteroatoms. The molecule has 176 valence electrons.